The molecular weight excluding hydrogens is 731 g/mol. The number of hydrogen-bond donors (Lipinski definition) is 5. The van der Waals surface area contributed by atoms with E-state index in [1.165, 1.54) is 193 Å². The predicted octanol–water partition coefficient (Wildman–Crippen LogP) is 14.5. The monoisotopic (exact) mass is 832 g/mol. The Morgan fingerprint density at radius 1 is 0.424 bits per heavy atom. The van der Waals surface area contributed by atoms with Gasteiger partial charge in [-0.05, 0) is 70.6 Å². The molecule has 0 aliphatic carbocycles. The van der Waals surface area contributed by atoms with Gasteiger partial charge in [-0.15, -0.1) is 0 Å². The van der Waals surface area contributed by atoms with Gasteiger partial charge in [0.05, 0.1) is 18.8 Å². The van der Waals surface area contributed by atoms with Crippen LogP contribution in [-0.2, 0) is 4.79 Å². The van der Waals surface area contributed by atoms with E-state index in [-0.39, 0.29) is 0 Å². The van der Waals surface area contributed by atoms with Crippen LogP contribution in [-0.4, -0.2) is 57.3 Å². The number of nitrogens with one attached hydrogen (secondary N) is 1. The molecule has 0 aromatic carbocycles. The van der Waals surface area contributed by atoms with Crippen LogP contribution in [0.2, 0.25) is 0 Å². The summed E-state index contributed by atoms with van der Waals surface area (Å²) in [5, 5.41) is 43.8. The van der Waals surface area contributed by atoms with E-state index < -0.39 is 36.9 Å². The van der Waals surface area contributed by atoms with Crippen LogP contribution < -0.4 is 5.32 Å². The molecule has 6 heteroatoms. The number of rotatable bonds is 47. The third-order valence-electron chi connectivity index (χ3n) is 12.1. The molecule has 0 aliphatic heterocycles. The molecule has 6 nitrogen and oxygen atoms in total. The molecule has 0 aromatic rings. The minimum absolute atomic E-state index is 0.359. The molecule has 348 valence electrons. The zero-order valence-electron chi connectivity index (χ0n) is 39.3. The van der Waals surface area contributed by atoms with E-state index in [0.29, 0.717) is 12.8 Å². The summed E-state index contributed by atoms with van der Waals surface area (Å²) in [5.74, 6) is -0.594. The summed E-state index contributed by atoms with van der Waals surface area (Å²) >= 11 is 0. The average molecular weight is 832 g/mol. The van der Waals surface area contributed by atoms with Gasteiger partial charge in [-0.25, -0.2) is 0 Å². The molecular formula is C53H101NO5. The molecule has 0 aromatic heterocycles. The van der Waals surface area contributed by atoms with Gasteiger partial charge in [-0.1, -0.05) is 230 Å². The molecule has 0 bridgehead atoms. The largest absolute Gasteiger partial charge is 0.394 e. The molecule has 4 unspecified atom stereocenters. The summed E-state index contributed by atoms with van der Waals surface area (Å²) < 4.78 is 0. The predicted molar refractivity (Wildman–Crippen MR) is 256 cm³/mol. The van der Waals surface area contributed by atoms with Gasteiger partial charge in [0.15, 0.2) is 0 Å². The topological polar surface area (TPSA) is 110 Å². The lowest BCUT2D eigenvalue weighted by Crippen LogP contribution is -2.53. The summed E-state index contributed by atoms with van der Waals surface area (Å²) in [6.45, 7) is 4.06. The van der Waals surface area contributed by atoms with Crippen LogP contribution in [0.4, 0.5) is 0 Å². The summed E-state index contributed by atoms with van der Waals surface area (Å²) in [4.78, 5) is 12.6. The van der Waals surface area contributed by atoms with Crippen LogP contribution in [0.15, 0.2) is 36.5 Å². The number of amides is 1. The highest BCUT2D eigenvalue weighted by atomic mass is 16.3. The third kappa shape index (κ3) is 41.6. The molecule has 0 saturated heterocycles. The van der Waals surface area contributed by atoms with Crippen molar-refractivity contribution in [2.45, 2.75) is 289 Å². The number of aliphatic hydroxyl groups excluding tert-OH is 4. The van der Waals surface area contributed by atoms with Gasteiger partial charge in [-0.3, -0.25) is 4.79 Å². The van der Waals surface area contributed by atoms with E-state index in [9.17, 15) is 25.2 Å². The van der Waals surface area contributed by atoms with Gasteiger partial charge in [-0.2, -0.15) is 0 Å². The van der Waals surface area contributed by atoms with E-state index in [2.05, 4.69) is 55.6 Å². The van der Waals surface area contributed by atoms with Gasteiger partial charge in [0, 0.05) is 0 Å². The lowest BCUT2D eigenvalue weighted by molar-refractivity contribution is -0.132. The van der Waals surface area contributed by atoms with Crippen molar-refractivity contribution in [2.24, 2.45) is 0 Å². The number of allylic oxidation sites excluding steroid dienone is 6. The summed E-state index contributed by atoms with van der Waals surface area (Å²) in [5.41, 5.74) is 0. The van der Waals surface area contributed by atoms with Crippen molar-refractivity contribution < 1.29 is 25.2 Å². The van der Waals surface area contributed by atoms with Crippen molar-refractivity contribution in [1.29, 1.82) is 0 Å². The van der Waals surface area contributed by atoms with Crippen LogP contribution in [0.25, 0.3) is 0 Å². The second-order valence-electron chi connectivity index (χ2n) is 17.9. The number of hydrogen-bond acceptors (Lipinski definition) is 5. The van der Waals surface area contributed by atoms with Crippen molar-refractivity contribution >= 4 is 5.91 Å². The van der Waals surface area contributed by atoms with E-state index in [1.807, 2.05) is 0 Å². The Kier molecular flexibility index (Phi) is 46.4. The Bertz CT molecular complexity index is 935. The first-order valence-electron chi connectivity index (χ1n) is 25.9. The highest BCUT2D eigenvalue weighted by molar-refractivity contribution is 5.80. The minimum Gasteiger partial charge on any atom is -0.394 e. The maximum Gasteiger partial charge on any atom is 0.249 e. The molecule has 0 saturated carbocycles. The van der Waals surface area contributed by atoms with Crippen molar-refractivity contribution in [3.8, 4) is 0 Å². The lowest BCUT2D eigenvalue weighted by Gasteiger charge is -2.27. The summed E-state index contributed by atoms with van der Waals surface area (Å²) in [6.07, 6.45) is 57.7. The Balaban J connectivity index is 3.70. The standard InChI is InChI=1S/C53H101NO5/c1-3-5-7-9-11-13-15-17-19-21-22-23-24-25-26-27-28-29-31-33-35-37-39-41-43-45-47-51(57)53(59)54-49(48-55)52(58)50(56)46-44-42-40-38-36-34-32-30-20-18-16-14-12-10-8-6-4-2/h22-23,25-26,38,40,49-52,55-58H,3-21,24,27-37,39,41-48H2,1-2H3,(H,54,59)/b23-22-,26-25-,40-38+. The second-order valence-corrected chi connectivity index (χ2v) is 17.9. The zero-order valence-corrected chi connectivity index (χ0v) is 39.3. The van der Waals surface area contributed by atoms with Gasteiger partial charge in [0.2, 0.25) is 5.91 Å². The van der Waals surface area contributed by atoms with Crippen molar-refractivity contribution in [3.05, 3.63) is 36.5 Å². The average Bonchev–Trinajstić information content (AvgIpc) is 3.24. The van der Waals surface area contributed by atoms with Crippen molar-refractivity contribution in [3.63, 3.8) is 0 Å². The number of carbonyl (C=O) groups is 1. The summed E-state index contributed by atoms with van der Waals surface area (Å²) in [6, 6.07) is -1.00. The SMILES string of the molecule is CCCCCCCCCCC/C=C\C/C=C\CCCCCCCCCCCCC(O)C(=O)NC(CO)C(O)C(O)CCC/C=C/CCCCCCCCCCCCCC. The Labute approximate surface area is 367 Å². The highest BCUT2D eigenvalue weighted by Gasteiger charge is 2.28. The maximum absolute atomic E-state index is 12.6. The van der Waals surface area contributed by atoms with Crippen LogP contribution in [0, 0.1) is 0 Å². The number of unbranched alkanes of at least 4 members (excludes halogenated alkanes) is 32. The first-order valence-corrected chi connectivity index (χ1v) is 25.9. The van der Waals surface area contributed by atoms with Gasteiger partial charge < -0.3 is 25.7 Å². The van der Waals surface area contributed by atoms with Gasteiger partial charge in [0.1, 0.15) is 12.2 Å². The molecule has 0 fully saturated rings. The molecule has 4 atom stereocenters. The molecule has 0 heterocycles. The van der Waals surface area contributed by atoms with E-state index in [4.69, 9.17) is 0 Å². The van der Waals surface area contributed by atoms with Gasteiger partial charge >= 0.3 is 0 Å². The first-order chi connectivity index (χ1) is 29.0. The number of aliphatic hydroxyl groups is 4. The van der Waals surface area contributed by atoms with E-state index in [0.717, 1.165) is 44.9 Å². The molecule has 5 N–H and O–H groups in total. The molecule has 0 radical (unpaired) electrons. The van der Waals surface area contributed by atoms with Crippen LogP contribution in [0.5, 0.6) is 0 Å². The first kappa shape index (κ1) is 57.5. The normalized spacial score (nSPS) is 14.2. The maximum atomic E-state index is 12.6. The molecule has 0 aliphatic rings. The zero-order chi connectivity index (χ0) is 43.1. The van der Waals surface area contributed by atoms with E-state index in [1.54, 1.807) is 0 Å². The Morgan fingerprint density at radius 2 is 0.746 bits per heavy atom. The second kappa shape index (κ2) is 47.6. The molecule has 0 rings (SSSR count). The highest BCUT2D eigenvalue weighted by Crippen LogP contribution is 2.16. The third-order valence-corrected chi connectivity index (χ3v) is 12.1. The van der Waals surface area contributed by atoms with Crippen LogP contribution in [0.1, 0.15) is 264 Å². The Morgan fingerprint density at radius 3 is 1.12 bits per heavy atom. The summed E-state index contributed by atoms with van der Waals surface area (Å²) in [7, 11) is 0. The Hall–Kier alpha value is -1.47. The fourth-order valence-corrected chi connectivity index (χ4v) is 7.97. The van der Waals surface area contributed by atoms with E-state index >= 15 is 0 Å². The van der Waals surface area contributed by atoms with Crippen molar-refractivity contribution in [1.82, 2.24) is 5.32 Å². The minimum atomic E-state index is -1.28. The van der Waals surface area contributed by atoms with Crippen LogP contribution in [0.3, 0.4) is 0 Å². The van der Waals surface area contributed by atoms with Crippen LogP contribution >= 0.6 is 0 Å². The van der Waals surface area contributed by atoms with Crippen molar-refractivity contribution in [2.75, 3.05) is 6.61 Å². The molecule has 1 amide bonds. The van der Waals surface area contributed by atoms with Gasteiger partial charge in [0.25, 0.3) is 0 Å². The molecule has 59 heavy (non-hydrogen) atoms. The number of carbonyl (C=O) groups excluding carboxylic acids is 1. The smallest absolute Gasteiger partial charge is 0.249 e. The lowest BCUT2D eigenvalue weighted by atomic mass is 10.00. The molecule has 0 spiro atoms. The fourth-order valence-electron chi connectivity index (χ4n) is 7.97. The fraction of sp³-hybridized carbons (Fsp3) is 0.868. The quantitative estimate of drug-likeness (QED) is 0.0310.